The van der Waals surface area contributed by atoms with Crippen LogP contribution in [0.1, 0.15) is 23.2 Å². The minimum Gasteiger partial charge on any atom is -0.496 e. The molecule has 23 heavy (non-hydrogen) atoms. The van der Waals surface area contributed by atoms with Crippen LogP contribution >= 0.6 is 0 Å². The Morgan fingerprint density at radius 1 is 1.04 bits per heavy atom. The molecule has 0 unspecified atom stereocenters. The molecule has 5 heteroatoms. The zero-order valence-corrected chi connectivity index (χ0v) is 13.8. The maximum Gasteiger partial charge on any atom is 0.255 e. The number of methoxy groups -OCH3 is 3. The lowest BCUT2D eigenvalue weighted by atomic mass is 9.93. The smallest absolute Gasteiger partial charge is 0.255 e. The molecule has 1 aromatic rings. The molecule has 1 amide bonds. The van der Waals surface area contributed by atoms with Gasteiger partial charge in [-0.05, 0) is 30.6 Å². The zero-order chi connectivity index (χ0) is 16.4. The number of carbonyl (C=O) groups excluding carboxylic acids is 1. The molecule has 2 aliphatic carbocycles. The predicted molar refractivity (Wildman–Crippen MR) is 87.3 cm³/mol. The van der Waals surface area contributed by atoms with Crippen molar-refractivity contribution in [1.29, 1.82) is 0 Å². The third-order valence-electron chi connectivity index (χ3n) is 4.89. The Bertz CT molecular complexity index is 626. The monoisotopic (exact) mass is 317 g/mol. The van der Waals surface area contributed by atoms with Gasteiger partial charge < -0.3 is 19.5 Å². The van der Waals surface area contributed by atoms with Crippen LogP contribution in [0.25, 0.3) is 0 Å². The molecule has 0 aromatic heterocycles. The second kappa shape index (κ2) is 6.52. The van der Waals surface area contributed by atoms with Gasteiger partial charge in [0.2, 0.25) is 0 Å². The van der Waals surface area contributed by atoms with Gasteiger partial charge in [0.25, 0.3) is 5.91 Å². The molecular formula is C18H23NO4. The number of allylic oxidation sites excluding steroid dienone is 2. The summed E-state index contributed by atoms with van der Waals surface area (Å²) in [6.07, 6.45) is 7.01. The average Bonchev–Trinajstić information content (AvgIpc) is 3.21. The summed E-state index contributed by atoms with van der Waals surface area (Å²) in [5.41, 5.74) is 0.462. The van der Waals surface area contributed by atoms with E-state index in [2.05, 4.69) is 17.5 Å². The SMILES string of the molecule is COc1cc(OC)c(C(=O)NC[C@@H]2C[C@@H]3C=C[C@H]2C3)cc1OC. The van der Waals surface area contributed by atoms with E-state index in [-0.39, 0.29) is 5.91 Å². The summed E-state index contributed by atoms with van der Waals surface area (Å²) in [5.74, 6) is 3.26. The first kappa shape index (κ1) is 15.7. The average molecular weight is 317 g/mol. The summed E-state index contributed by atoms with van der Waals surface area (Å²) in [5, 5.41) is 3.04. The normalized spacial score (nSPS) is 24.6. The van der Waals surface area contributed by atoms with Gasteiger partial charge in [0.05, 0.1) is 26.9 Å². The van der Waals surface area contributed by atoms with E-state index in [0.29, 0.717) is 47.1 Å². The van der Waals surface area contributed by atoms with Gasteiger partial charge in [-0.3, -0.25) is 4.79 Å². The Labute approximate surface area is 136 Å². The summed E-state index contributed by atoms with van der Waals surface area (Å²) in [6.45, 7) is 0.696. The van der Waals surface area contributed by atoms with Crippen LogP contribution in [0.15, 0.2) is 24.3 Å². The molecule has 0 spiro atoms. The largest absolute Gasteiger partial charge is 0.496 e. The lowest BCUT2D eigenvalue weighted by Crippen LogP contribution is -2.31. The molecule has 3 rings (SSSR count). The first-order chi connectivity index (χ1) is 11.2. The number of amides is 1. The van der Waals surface area contributed by atoms with Crippen LogP contribution in [-0.4, -0.2) is 33.8 Å². The van der Waals surface area contributed by atoms with Crippen molar-refractivity contribution in [2.45, 2.75) is 12.8 Å². The van der Waals surface area contributed by atoms with Crippen LogP contribution in [0.5, 0.6) is 17.2 Å². The number of fused-ring (bicyclic) bond motifs is 2. The second-order valence-corrected chi connectivity index (χ2v) is 6.16. The van der Waals surface area contributed by atoms with Crippen LogP contribution in [0, 0.1) is 17.8 Å². The fourth-order valence-electron chi connectivity index (χ4n) is 3.65. The van der Waals surface area contributed by atoms with Crippen LogP contribution in [0.2, 0.25) is 0 Å². The number of ether oxygens (including phenoxy) is 3. The summed E-state index contributed by atoms with van der Waals surface area (Å²) in [4.78, 5) is 12.5. The third-order valence-corrected chi connectivity index (χ3v) is 4.89. The molecule has 1 N–H and O–H groups in total. The topological polar surface area (TPSA) is 56.8 Å². The third kappa shape index (κ3) is 3.00. The van der Waals surface area contributed by atoms with E-state index in [1.54, 1.807) is 33.5 Å². The quantitative estimate of drug-likeness (QED) is 0.820. The van der Waals surface area contributed by atoms with Crippen LogP contribution < -0.4 is 19.5 Å². The van der Waals surface area contributed by atoms with Crippen molar-refractivity contribution in [3.63, 3.8) is 0 Å². The summed E-state index contributed by atoms with van der Waals surface area (Å²) in [6, 6.07) is 3.34. The van der Waals surface area contributed by atoms with E-state index >= 15 is 0 Å². The van der Waals surface area contributed by atoms with Crippen molar-refractivity contribution in [1.82, 2.24) is 5.32 Å². The molecule has 5 nitrogen and oxygen atoms in total. The number of hydrogen-bond donors (Lipinski definition) is 1. The van der Waals surface area contributed by atoms with Gasteiger partial charge in [-0.2, -0.15) is 0 Å². The van der Waals surface area contributed by atoms with Gasteiger partial charge in [-0.1, -0.05) is 12.2 Å². The molecule has 0 saturated heterocycles. The fraction of sp³-hybridized carbons (Fsp3) is 0.500. The van der Waals surface area contributed by atoms with Crippen molar-refractivity contribution in [2.24, 2.45) is 17.8 Å². The highest BCUT2D eigenvalue weighted by atomic mass is 16.5. The molecular weight excluding hydrogens is 294 g/mol. The molecule has 3 atom stereocenters. The molecule has 2 aliphatic rings. The summed E-state index contributed by atoms with van der Waals surface area (Å²) < 4.78 is 15.8. The van der Waals surface area contributed by atoms with E-state index in [1.807, 2.05) is 0 Å². The molecule has 124 valence electrons. The van der Waals surface area contributed by atoms with Crippen molar-refractivity contribution >= 4 is 5.91 Å². The van der Waals surface area contributed by atoms with E-state index < -0.39 is 0 Å². The Morgan fingerprint density at radius 3 is 2.30 bits per heavy atom. The first-order valence-corrected chi connectivity index (χ1v) is 7.92. The Balaban J connectivity index is 1.72. The van der Waals surface area contributed by atoms with E-state index in [9.17, 15) is 4.79 Å². The standard InChI is InChI=1S/C18H23NO4/c1-21-15-9-17(23-3)16(22-2)8-14(15)18(20)19-10-13-7-11-4-5-12(13)6-11/h4-5,8-9,11-13H,6-7,10H2,1-3H3,(H,19,20)/t11-,12+,13+/m1/s1. The number of benzene rings is 1. The van der Waals surface area contributed by atoms with Crippen molar-refractivity contribution in [3.05, 3.63) is 29.8 Å². The maximum atomic E-state index is 12.5. The Morgan fingerprint density at radius 2 is 1.74 bits per heavy atom. The van der Waals surface area contributed by atoms with E-state index in [4.69, 9.17) is 14.2 Å². The van der Waals surface area contributed by atoms with Crippen molar-refractivity contribution in [3.8, 4) is 17.2 Å². The second-order valence-electron chi connectivity index (χ2n) is 6.16. The molecule has 1 aromatic carbocycles. The minimum absolute atomic E-state index is 0.144. The van der Waals surface area contributed by atoms with Crippen LogP contribution in [-0.2, 0) is 0 Å². The Kier molecular flexibility index (Phi) is 4.46. The van der Waals surface area contributed by atoms with E-state index in [1.165, 1.54) is 12.8 Å². The van der Waals surface area contributed by atoms with Gasteiger partial charge in [0.15, 0.2) is 11.5 Å². The van der Waals surface area contributed by atoms with Gasteiger partial charge >= 0.3 is 0 Å². The Hall–Kier alpha value is -2.17. The van der Waals surface area contributed by atoms with Gasteiger partial charge in [0.1, 0.15) is 5.75 Å². The maximum absolute atomic E-state index is 12.5. The molecule has 1 saturated carbocycles. The molecule has 0 heterocycles. The molecule has 0 radical (unpaired) electrons. The van der Waals surface area contributed by atoms with Gasteiger partial charge in [0, 0.05) is 18.7 Å². The summed E-state index contributed by atoms with van der Waals surface area (Å²) >= 11 is 0. The van der Waals surface area contributed by atoms with Crippen molar-refractivity contribution in [2.75, 3.05) is 27.9 Å². The lowest BCUT2D eigenvalue weighted by molar-refractivity contribution is 0.0941. The van der Waals surface area contributed by atoms with Gasteiger partial charge in [-0.15, -0.1) is 0 Å². The highest BCUT2D eigenvalue weighted by molar-refractivity contribution is 5.97. The molecule has 0 aliphatic heterocycles. The number of rotatable bonds is 6. The van der Waals surface area contributed by atoms with Gasteiger partial charge in [-0.25, -0.2) is 0 Å². The highest BCUT2D eigenvalue weighted by Crippen LogP contribution is 2.43. The summed E-state index contributed by atoms with van der Waals surface area (Å²) in [7, 11) is 4.64. The zero-order valence-electron chi connectivity index (χ0n) is 13.8. The number of hydrogen-bond acceptors (Lipinski definition) is 4. The van der Waals surface area contributed by atoms with Crippen LogP contribution in [0.4, 0.5) is 0 Å². The van der Waals surface area contributed by atoms with Crippen molar-refractivity contribution < 1.29 is 19.0 Å². The van der Waals surface area contributed by atoms with Crippen LogP contribution in [0.3, 0.4) is 0 Å². The highest BCUT2D eigenvalue weighted by Gasteiger charge is 2.35. The predicted octanol–water partition coefficient (Wildman–Crippen LogP) is 2.65. The minimum atomic E-state index is -0.144. The molecule has 1 fully saturated rings. The number of carbonyl (C=O) groups is 1. The fourth-order valence-corrected chi connectivity index (χ4v) is 3.65. The number of nitrogens with one attached hydrogen (secondary N) is 1. The lowest BCUT2D eigenvalue weighted by Gasteiger charge is -2.19. The first-order valence-electron chi connectivity index (χ1n) is 7.92. The molecule has 2 bridgehead atoms. The van der Waals surface area contributed by atoms with E-state index in [0.717, 1.165) is 0 Å².